The third kappa shape index (κ3) is 2.94. The number of carboxylic acids is 1. The molecule has 1 aromatic carbocycles. The van der Waals surface area contributed by atoms with Crippen LogP contribution < -0.4 is 0 Å². The van der Waals surface area contributed by atoms with E-state index in [2.05, 4.69) is 0 Å². The molecule has 0 heterocycles. The van der Waals surface area contributed by atoms with Gasteiger partial charge in [-0.2, -0.15) is 0 Å². The van der Waals surface area contributed by atoms with Crippen molar-refractivity contribution >= 4 is 11.9 Å². The molecule has 1 saturated carbocycles. The lowest BCUT2D eigenvalue weighted by Gasteiger charge is -2.30. The van der Waals surface area contributed by atoms with Crippen LogP contribution in [0, 0.1) is 12.3 Å². The summed E-state index contributed by atoms with van der Waals surface area (Å²) in [6, 6.07) is 7.21. The molecule has 2 atom stereocenters. The van der Waals surface area contributed by atoms with Gasteiger partial charge in [-0.1, -0.05) is 31.5 Å². The van der Waals surface area contributed by atoms with Crippen LogP contribution in [0.2, 0.25) is 0 Å². The summed E-state index contributed by atoms with van der Waals surface area (Å²) in [5.74, 6) is -1.26. The average Bonchev–Trinajstić information content (AvgIpc) is 2.84. The van der Waals surface area contributed by atoms with Crippen molar-refractivity contribution in [1.29, 1.82) is 0 Å². The summed E-state index contributed by atoms with van der Waals surface area (Å²) < 4.78 is 5.59. The van der Waals surface area contributed by atoms with Gasteiger partial charge in [-0.05, 0) is 44.2 Å². The molecule has 0 aliphatic heterocycles. The maximum absolute atomic E-state index is 12.3. The lowest BCUT2D eigenvalue weighted by atomic mass is 9.80. The second-order valence-electron chi connectivity index (χ2n) is 5.81. The number of carbonyl (C=O) groups excluding carboxylic acids is 1. The quantitative estimate of drug-likeness (QED) is 0.842. The van der Waals surface area contributed by atoms with E-state index < -0.39 is 23.5 Å². The Morgan fingerprint density at radius 3 is 2.71 bits per heavy atom. The molecule has 4 heteroatoms. The lowest BCUT2D eigenvalue weighted by Crippen LogP contribution is -2.41. The first-order valence-corrected chi connectivity index (χ1v) is 7.51. The molecule has 1 aliphatic carbocycles. The Kier molecular flexibility index (Phi) is 4.66. The number of carbonyl (C=O) groups is 2. The summed E-state index contributed by atoms with van der Waals surface area (Å²) in [5.41, 5.74) is 0.449. The topological polar surface area (TPSA) is 63.6 Å². The first-order valence-electron chi connectivity index (χ1n) is 7.51. The van der Waals surface area contributed by atoms with Crippen LogP contribution in [-0.2, 0) is 9.53 Å². The minimum Gasteiger partial charge on any atom is -0.481 e. The van der Waals surface area contributed by atoms with Gasteiger partial charge in [0, 0.05) is 0 Å². The smallest absolute Gasteiger partial charge is 0.338 e. The number of hydrogen-bond donors (Lipinski definition) is 1. The summed E-state index contributed by atoms with van der Waals surface area (Å²) in [6.45, 7) is 3.81. The van der Waals surface area contributed by atoms with E-state index in [1.54, 1.807) is 12.1 Å². The fraction of sp³-hybridized carbons (Fsp3) is 0.529. The average molecular weight is 290 g/mol. The first kappa shape index (κ1) is 15.5. The van der Waals surface area contributed by atoms with Gasteiger partial charge in [0.25, 0.3) is 0 Å². The molecular weight excluding hydrogens is 268 g/mol. The largest absolute Gasteiger partial charge is 0.481 e. The molecule has 1 fully saturated rings. The summed E-state index contributed by atoms with van der Waals surface area (Å²) in [6.07, 6.45) is 2.80. The molecule has 1 aliphatic rings. The molecule has 0 saturated heterocycles. The van der Waals surface area contributed by atoms with Crippen molar-refractivity contribution in [2.75, 3.05) is 0 Å². The maximum Gasteiger partial charge on any atom is 0.338 e. The zero-order valence-corrected chi connectivity index (χ0v) is 12.6. The minimum atomic E-state index is -0.910. The molecule has 2 unspecified atom stereocenters. The van der Waals surface area contributed by atoms with Crippen molar-refractivity contribution in [3.05, 3.63) is 35.4 Å². The predicted molar refractivity (Wildman–Crippen MR) is 79.2 cm³/mol. The van der Waals surface area contributed by atoms with Crippen molar-refractivity contribution < 1.29 is 19.4 Å². The first-order chi connectivity index (χ1) is 10.0. The van der Waals surface area contributed by atoms with E-state index in [0.29, 0.717) is 24.8 Å². The zero-order valence-electron chi connectivity index (χ0n) is 12.6. The molecule has 0 amide bonds. The van der Waals surface area contributed by atoms with E-state index in [0.717, 1.165) is 18.4 Å². The predicted octanol–water partition coefficient (Wildman–Crippen LogP) is 3.58. The molecule has 0 bridgehead atoms. The maximum atomic E-state index is 12.3. The normalized spacial score (nSPS) is 24.8. The van der Waals surface area contributed by atoms with Gasteiger partial charge in [-0.3, -0.25) is 4.79 Å². The van der Waals surface area contributed by atoms with E-state index >= 15 is 0 Å². The number of carboxylic acid groups (broad SMARTS) is 1. The number of ether oxygens (including phenoxy) is 1. The Morgan fingerprint density at radius 1 is 1.38 bits per heavy atom. The van der Waals surface area contributed by atoms with Crippen LogP contribution in [0.4, 0.5) is 0 Å². The SMILES string of the molecule is CCCC1(C(=O)O)CCCC1OC(=O)c1ccccc1C. The third-order valence-electron chi connectivity index (χ3n) is 4.44. The van der Waals surface area contributed by atoms with Crippen LogP contribution in [0.3, 0.4) is 0 Å². The standard InChI is InChI=1S/C17H22O4/c1-3-10-17(16(19)20)11-6-9-14(17)21-15(18)13-8-5-4-7-12(13)2/h4-5,7-8,14H,3,6,9-11H2,1-2H3,(H,19,20). The second-order valence-corrected chi connectivity index (χ2v) is 5.81. The van der Waals surface area contributed by atoms with Crippen molar-refractivity contribution in [2.45, 2.75) is 52.1 Å². The number of aliphatic carboxylic acids is 1. The van der Waals surface area contributed by atoms with Crippen molar-refractivity contribution in [2.24, 2.45) is 5.41 Å². The lowest BCUT2D eigenvalue weighted by molar-refractivity contribution is -0.155. The van der Waals surface area contributed by atoms with Crippen molar-refractivity contribution in [3.63, 3.8) is 0 Å². The van der Waals surface area contributed by atoms with E-state index in [1.165, 1.54) is 0 Å². The fourth-order valence-corrected chi connectivity index (χ4v) is 3.29. The highest BCUT2D eigenvalue weighted by atomic mass is 16.5. The molecule has 4 nitrogen and oxygen atoms in total. The summed E-state index contributed by atoms with van der Waals surface area (Å²) in [7, 11) is 0. The van der Waals surface area contributed by atoms with Crippen LogP contribution in [0.25, 0.3) is 0 Å². The number of hydrogen-bond acceptors (Lipinski definition) is 3. The number of esters is 1. The van der Waals surface area contributed by atoms with Gasteiger partial charge < -0.3 is 9.84 Å². The molecule has 21 heavy (non-hydrogen) atoms. The van der Waals surface area contributed by atoms with Crippen LogP contribution in [0.5, 0.6) is 0 Å². The Balaban J connectivity index is 2.20. The fourth-order valence-electron chi connectivity index (χ4n) is 3.29. The van der Waals surface area contributed by atoms with Gasteiger partial charge in [0.2, 0.25) is 0 Å². The highest BCUT2D eigenvalue weighted by molar-refractivity contribution is 5.91. The van der Waals surface area contributed by atoms with Crippen LogP contribution >= 0.6 is 0 Å². The highest BCUT2D eigenvalue weighted by Gasteiger charge is 2.50. The van der Waals surface area contributed by atoms with Crippen LogP contribution in [-0.4, -0.2) is 23.1 Å². The molecule has 0 aromatic heterocycles. The molecular formula is C17H22O4. The molecule has 1 N–H and O–H groups in total. The monoisotopic (exact) mass is 290 g/mol. The van der Waals surface area contributed by atoms with E-state index in [1.807, 2.05) is 26.0 Å². The number of rotatable bonds is 5. The molecule has 0 radical (unpaired) electrons. The van der Waals surface area contributed by atoms with Crippen LogP contribution in [0.15, 0.2) is 24.3 Å². The van der Waals surface area contributed by atoms with Gasteiger partial charge in [-0.15, -0.1) is 0 Å². The highest BCUT2D eigenvalue weighted by Crippen LogP contribution is 2.44. The molecule has 114 valence electrons. The third-order valence-corrected chi connectivity index (χ3v) is 4.44. The molecule has 1 aromatic rings. The van der Waals surface area contributed by atoms with Gasteiger partial charge in [0.1, 0.15) is 11.5 Å². The number of aryl methyl sites for hydroxylation is 1. The summed E-state index contributed by atoms with van der Waals surface area (Å²) in [4.78, 5) is 24.0. The van der Waals surface area contributed by atoms with Gasteiger partial charge >= 0.3 is 11.9 Å². The van der Waals surface area contributed by atoms with Gasteiger partial charge in [0.05, 0.1) is 5.56 Å². The summed E-state index contributed by atoms with van der Waals surface area (Å²) >= 11 is 0. The Labute approximate surface area is 125 Å². The Morgan fingerprint density at radius 2 is 2.10 bits per heavy atom. The Hall–Kier alpha value is -1.84. The zero-order chi connectivity index (χ0) is 15.5. The molecule has 0 spiro atoms. The van der Waals surface area contributed by atoms with Crippen LogP contribution in [0.1, 0.15) is 54.9 Å². The Bertz CT molecular complexity index is 537. The molecule has 2 rings (SSSR count). The van der Waals surface area contributed by atoms with Gasteiger partial charge in [0.15, 0.2) is 0 Å². The minimum absolute atomic E-state index is 0.415. The number of benzene rings is 1. The van der Waals surface area contributed by atoms with E-state index in [4.69, 9.17) is 4.74 Å². The van der Waals surface area contributed by atoms with Crippen molar-refractivity contribution in [3.8, 4) is 0 Å². The van der Waals surface area contributed by atoms with E-state index in [-0.39, 0.29) is 0 Å². The van der Waals surface area contributed by atoms with Gasteiger partial charge in [-0.25, -0.2) is 4.79 Å². The summed E-state index contributed by atoms with van der Waals surface area (Å²) in [5, 5.41) is 9.61. The second kappa shape index (κ2) is 6.29. The van der Waals surface area contributed by atoms with E-state index in [9.17, 15) is 14.7 Å². The van der Waals surface area contributed by atoms with Crippen molar-refractivity contribution in [1.82, 2.24) is 0 Å².